The van der Waals surface area contributed by atoms with E-state index >= 15 is 0 Å². The van der Waals surface area contributed by atoms with E-state index in [0.717, 1.165) is 12.0 Å². The highest BCUT2D eigenvalue weighted by atomic mass is 16.5. The fourth-order valence-electron chi connectivity index (χ4n) is 6.35. The Labute approximate surface area is 241 Å². The minimum atomic E-state index is -2.61. The minimum Gasteiger partial charge on any atom is -0.492 e. The topological polar surface area (TPSA) is 225 Å². The maximum absolute atomic E-state index is 13.6. The SMILES string of the molecule is Cc1ccnc(C(=O)NC[C@@H]2NC(N)=[N+]3CC(NC(=O)c4cccc5c4OCCC5(C)C)C(O)(O)[C@@]34NC(N)=N[C@@H]24)n1. The zero-order valence-corrected chi connectivity index (χ0v) is 23.5. The number of nitrogens with one attached hydrogen (secondary N) is 4. The fraction of sp³-hybridized carbons (Fsp3) is 0.481. The van der Waals surface area contributed by atoms with Crippen molar-refractivity contribution in [3.05, 3.63) is 53.1 Å². The van der Waals surface area contributed by atoms with Crippen molar-refractivity contribution >= 4 is 23.7 Å². The van der Waals surface area contributed by atoms with E-state index < -0.39 is 41.4 Å². The summed E-state index contributed by atoms with van der Waals surface area (Å²) in [6.45, 7) is 6.28. The summed E-state index contributed by atoms with van der Waals surface area (Å²) in [6, 6.07) is 4.16. The van der Waals surface area contributed by atoms with E-state index in [1.807, 2.05) is 6.07 Å². The average Bonchev–Trinajstić information content (AvgIpc) is 3.40. The number of rotatable bonds is 5. The molecule has 5 heterocycles. The third kappa shape index (κ3) is 4.10. The van der Waals surface area contributed by atoms with Gasteiger partial charge in [0.05, 0.1) is 25.3 Å². The third-order valence-electron chi connectivity index (χ3n) is 8.62. The second-order valence-electron chi connectivity index (χ2n) is 11.7. The standard InChI is InChI=1S/C27H34N10O5/c1-13-7-9-30-20(32-13)22(39)31-11-16-19-26(36-23(28)35-19)27(40,41)17(12-37(26)24(29)33-16)34-21(38)14-5-4-6-15-18(14)42-10-8-25(15,2)3/h4-7,9,16-17,19,40-41H,8,10-12H2,1-3H3,(H7,28,29,31,33,34,35,36,38,39)/p+1/t16-,17?,19-,26-/m0/s1. The van der Waals surface area contributed by atoms with Crippen LogP contribution in [0.5, 0.6) is 5.75 Å². The summed E-state index contributed by atoms with van der Waals surface area (Å²) in [5.74, 6) is -3.16. The van der Waals surface area contributed by atoms with Gasteiger partial charge in [-0.05, 0) is 30.9 Å². The summed E-state index contributed by atoms with van der Waals surface area (Å²) >= 11 is 0. The van der Waals surface area contributed by atoms with Gasteiger partial charge in [-0.15, -0.1) is 0 Å². The van der Waals surface area contributed by atoms with Gasteiger partial charge in [-0.2, -0.15) is 0 Å². The molecular formula is C27H35N10O5+. The van der Waals surface area contributed by atoms with Crippen molar-refractivity contribution in [1.82, 2.24) is 31.2 Å². The van der Waals surface area contributed by atoms with Gasteiger partial charge in [0.15, 0.2) is 5.96 Å². The molecule has 1 aromatic carbocycles. The second-order valence-corrected chi connectivity index (χ2v) is 11.7. The second kappa shape index (κ2) is 9.52. The molecule has 6 rings (SSSR count). The maximum atomic E-state index is 13.6. The summed E-state index contributed by atoms with van der Waals surface area (Å²) in [6.07, 6.45) is 2.29. The van der Waals surface area contributed by atoms with E-state index in [1.165, 1.54) is 10.8 Å². The van der Waals surface area contributed by atoms with Gasteiger partial charge in [-0.1, -0.05) is 26.0 Å². The number of carbonyl (C=O) groups excluding carboxylic acids is 2. The lowest BCUT2D eigenvalue weighted by Gasteiger charge is -2.43. The first-order valence-electron chi connectivity index (χ1n) is 13.7. The zero-order chi connectivity index (χ0) is 30.0. The predicted molar refractivity (Wildman–Crippen MR) is 150 cm³/mol. The maximum Gasteiger partial charge on any atom is 0.346 e. The van der Waals surface area contributed by atoms with Gasteiger partial charge in [-0.3, -0.25) is 20.6 Å². The Hall–Kier alpha value is -4.50. The number of guanidine groups is 2. The Morgan fingerprint density at radius 1 is 1.21 bits per heavy atom. The Balaban J connectivity index is 1.27. The Morgan fingerprint density at radius 3 is 2.76 bits per heavy atom. The number of carbonyl (C=O) groups is 2. The van der Waals surface area contributed by atoms with Crippen molar-refractivity contribution in [3.63, 3.8) is 0 Å². The van der Waals surface area contributed by atoms with Crippen LogP contribution in [0, 0.1) is 6.92 Å². The zero-order valence-electron chi connectivity index (χ0n) is 23.5. The molecule has 15 heteroatoms. The molecule has 1 fully saturated rings. The number of benzene rings is 1. The molecule has 0 aliphatic carbocycles. The summed E-state index contributed by atoms with van der Waals surface area (Å²) in [4.78, 5) is 38.9. The van der Waals surface area contributed by atoms with E-state index in [2.05, 4.69) is 50.1 Å². The molecule has 0 bridgehead atoms. The number of aromatic nitrogens is 2. The number of nitrogens with zero attached hydrogens (tertiary/aromatic N) is 4. The van der Waals surface area contributed by atoms with Crippen molar-refractivity contribution < 1.29 is 29.1 Å². The van der Waals surface area contributed by atoms with E-state index in [1.54, 1.807) is 25.1 Å². The molecule has 1 aromatic heterocycles. The van der Waals surface area contributed by atoms with Crippen LogP contribution >= 0.6 is 0 Å². The number of ether oxygens (including phenoxy) is 1. The third-order valence-corrected chi connectivity index (χ3v) is 8.62. The first-order valence-corrected chi connectivity index (χ1v) is 13.7. The highest BCUT2D eigenvalue weighted by Gasteiger charge is 2.75. The number of aliphatic imine (C=N–C) groups is 1. The summed E-state index contributed by atoms with van der Waals surface area (Å²) < 4.78 is 7.39. The molecule has 4 atom stereocenters. The van der Waals surface area contributed by atoms with Crippen LogP contribution in [0.25, 0.3) is 0 Å². The largest absolute Gasteiger partial charge is 0.492 e. The van der Waals surface area contributed by atoms with Gasteiger partial charge in [0.2, 0.25) is 17.3 Å². The molecule has 15 nitrogen and oxygen atoms in total. The van der Waals surface area contributed by atoms with Gasteiger partial charge in [0, 0.05) is 17.5 Å². The van der Waals surface area contributed by atoms with Crippen LogP contribution < -0.4 is 37.5 Å². The van der Waals surface area contributed by atoms with Crippen molar-refractivity contribution in [1.29, 1.82) is 0 Å². The van der Waals surface area contributed by atoms with Crippen LogP contribution in [0.2, 0.25) is 0 Å². The van der Waals surface area contributed by atoms with Crippen molar-refractivity contribution in [2.75, 3.05) is 19.7 Å². The molecule has 222 valence electrons. The number of fused-ring (bicyclic) bond motifs is 1. The molecule has 4 aliphatic rings. The van der Waals surface area contributed by atoms with Crippen molar-refractivity contribution in [2.24, 2.45) is 16.5 Å². The molecule has 2 aromatic rings. The van der Waals surface area contributed by atoms with Crippen LogP contribution in [0.3, 0.4) is 0 Å². The van der Waals surface area contributed by atoms with Crippen LogP contribution in [0.1, 0.15) is 52.5 Å². The lowest BCUT2D eigenvalue weighted by Crippen LogP contribution is -2.79. The van der Waals surface area contributed by atoms with Gasteiger partial charge < -0.3 is 36.6 Å². The monoisotopic (exact) mass is 579 g/mol. The van der Waals surface area contributed by atoms with E-state index in [9.17, 15) is 19.8 Å². The van der Waals surface area contributed by atoms with Gasteiger partial charge in [0.25, 0.3) is 11.8 Å². The molecule has 42 heavy (non-hydrogen) atoms. The molecular weight excluding hydrogens is 544 g/mol. The molecule has 0 saturated carbocycles. The quantitative estimate of drug-likeness (QED) is 0.135. The first-order chi connectivity index (χ1) is 19.8. The minimum absolute atomic E-state index is 0.00978. The molecule has 1 spiro atoms. The number of hydrogen-bond donors (Lipinski definition) is 8. The van der Waals surface area contributed by atoms with E-state index in [4.69, 9.17) is 16.2 Å². The van der Waals surface area contributed by atoms with E-state index in [0.29, 0.717) is 23.6 Å². The number of aryl methyl sites for hydroxylation is 1. The predicted octanol–water partition coefficient (Wildman–Crippen LogP) is -2.65. The molecule has 1 unspecified atom stereocenters. The van der Waals surface area contributed by atoms with Crippen LogP contribution in [0.4, 0.5) is 0 Å². The highest BCUT2D eigenvalue weighted by Crippen LogP contribution is 2.43. The number of para-hydroxylation sites is 1. The molecule has 0 radical (unpaired) electrons. The van der Waals surface area contributed by atoms with Crippen molar-refractivity contribution in [3.8, 4) is 5.75 Å². The lowest BCUT2D eigenvalue weighted by atomic mass is 9.79. The number of nitrogens with two attached hydrogens (primary N) is 2. The van der Waals surface area contributed by atoms with Crippen molar-refractivity contribution in [2.45, 2.75) is 62.2 Å². The number of amides is 2. The normalized spacial score (nSPS) is 28.2. The van der Waals surface area contributed by atoms with Gasteiger partial charge in [-0.25, -0.2) is 19.5 Å². The average molecular weight is 580 g/mol. The van der Waals surface area contributed by atoms with Gasteiger partial charge in [0.1, 0.15) is 23.9 Å². The fourth-order valence-corrected chi connectivity index (χ4v) is 6.35. The Bertz CT molecular complexity index is 1540. The number of hydrogen-bond acceptors (Lipinski definition) is 12. The van der Waals surface area contributed by atoms with Crippen LogP contribution in [-0.2, 0) is 5.41 Å². The summed E-state index contributed by atoms with van der Waals surface area (Å²) in [7, 11) is 0. The van der Waals surface area contributed by atoms with Gasteiger partial charge >= 0.3 is 5.96 Å². The summed E-state index contributed by atoms with van der Waals surface area (Å²) in [5.41, 5.74) is 12.4. The first kappa shape index (κ1) is 27.7. The van der Waals surface area contributed by atoms with Crippen LogP contribution in [0.15, 0.2) is 35.5 Å². The smallest absolute Gasteiger partial charge is 0.346 e. The lowest BCUT2D eigenvalue weighted by molar-refractivity contribution is -0.623. The van der Waals surface area contributed by atoms with E-state index in [-0.39, 0.29) is 36.2 Å². The summed E-state index contributed by atoms with van der Waals surface area (Å²) in [5, 5.41) is 35.0. The number of aliphatic hydroxyl groups is 2. The Morgan fingerprint density at radius 2 is 2.00 bits per heavy atom. The van der Waals surface area contributed by atoms with Crippen LogP contribution in [-0.4, -0.2) is 97.8 Å². The molecule has 4 aliphatic heterocycles. The Kier molecular flexibility index (Phi) is 6.27. The molecule has 10 N–H and O–H groups in total. The molecule has 1 saturated heterocycles. The molecule has 2 amide bonds. The highest BCUT2D eigenvalue weighted by molar-refractivity contribution is 5.98.